The van der Waals surface area contributed by atoms with E-state index in [0.717, 1.165) is 57.8 Å². The molecule has 0 aromatic heterocycles. The highest BCUT2D eigenvalue weighted by molar-refractivity contribution is 5.76. The van der Waals surface area contributed by atoms with E-state index in [-0.39, 0.29) is 12.5 Å². The first-order valence-electron chi connectivity index (χ1n) is 31.2. The largest absolute Gasteiger partial charge is 0.394 e. The van der Waals surface area contributed by atoms with Crippen LogP contribution in [0.3, 0.4) is 0 Å². The smallest absolute Gasteiger partial charge is 0.220 e. The third-order valence-corrected chi connectivity index (χ3v) is 14.2. The van der Waals surface area contributed by atoms with Gasteiger partial charge < -0.3 is 15.5 Å². The molecule has 0 saturated heterocycles. The second-order valence-corrected chi connectivity index (χ2v) is 21.1. The fourth-order valence-electron chi connectivity index (χ4n) is 9.48. The number of hydrogen-bond acceptors (Lipinski definition) is 3. The Balaban J connectivity index is 3.49. The number of carbonyl (C=O) groups excluding carboxylic acids is 1. The maximum atomic E-state index is 12.5. The van der Waals surface area contributed by atoms with Gasteiger partial charge in [-0.25, -0.2) is 0 Å². The molecule has 0 aromatic carbocycles. The fourth-order valence-corrected chi connectivity index (χ4v) is 9.48. The lowest BCUT2D eigenvalue weighted by molar-refractivity contribution is -0.123. The lowest BCUT2D eigenvalue weighted by Crippen LogP contribution is -2.45. The Morgan fingerprint density at radius 3 is 1.00 bits per heavy atom. The van der Waals surface area contributed by atoms with E-state index >= 15 is 0 Å². The molecular weight excluding hydrogens is 855 g/mol. The van der Waals surface area contributed by atoms with Crippen molar-refractivity contribution in [3.8, 4) is 0 Å². The highest BCUT2D eigenvalue weighted by Gasteiger charge is 2.18. The van der Waals surface area contributed by atoms with Crippen molar-refractivity contribution in [3.63, 3.8) is 0 Å². The molecule has 408 valence electrons. The van der Waals surface area contributed by atoms with Crippen molar-refractivity contribution >= 4 is 5.91 Å². The molecule has 2 unspecified atom stereocenters. The van der Waals surface area contributed by atoms with Crippen LogP contribution in [0.25, 0.3) is 0 Å². The molecular formula is C66H121NO3. The van der Waals surface area contributed by atoms with Crippen LogP contribution in [0.2, 0.25) is 0 Å². The number of rotatable bonds is 57. The zero-order chi connectivity index (χ0) is 50.6. The Morgan fingerprint density at radius 1 is 0.357 bits per heavy atom. The van der Waals surface area contributed by atoms with Crippen LogP contribution < -0.4 is 5.32 Å². The number of carbonyl (C=O) groups is 1. The van der Waals surface area contributed by atoms with Crippen molar-refractivity contribution in [3.05, 3.63) is 72.9 Å². The number of aliphatic hydroxyl groups excluding tert-OH is 2. The summed E-state index contributed by atoms with van der Waals surface area (Å²) in [5.74, 6) is -0.0698. The Kier molecular flexibility index (Phi) is 59.2. The first-order chi connectivity index (χ1) is 34.7. The zero-order valence-corrected chi connectivity index (χ0v) is 47.0. The maximum absolute atomic E-state index is 12.5. The van der Waals surface area contributed by atoms with Crippen LogP contribution >= 0.6 is 0 Å². The summed E-state index contributed by atoms with van der Waals surface area (Å²) in [4.78, 5) is 12.5. The Bertz CT molecular complexity index is 1200. The van der Waals surface area contributed by atoms with Gasteiger partial charge in [-0.1, -0.05) is 318 Å². The molecule has 0 spiro atoms. The molecule has 0 aromatic rings. The summed E-state index contributed by atoms with van der Waals surface area (Å²) >= 11 is 0. The molecule has 2 atom stereocenters. The summed E-state index contributed by atoms with van der Waals surface area (Å²) in [6.07, 6.45) is 88.1. The minimum Gasteiger partial charge on any atom is -0.394 e. The molecule has 70 heavy (non-hydrogen) atoms. The molecule has 0 rings (SSSR count). The van der Waals surface area contributed by atoms with E-state index in [0.29, 0.717) is 6.42 Å². The lowest BCUT2D eigenvalue weighted by atomic mass is 10.0. The van der Waals surface area contributed by atoms with Crippen LogP contribution in [0.4, 0.5) is 0 Å². The lowest BCUT2D eigenvalue weighted by Gasteiger charge is -2.19. The second-order valence-electron chi connectivity index (χ2n) is 21.1. The van der Waals surface area contributed by atoms with Gasteiger partial charge in [-0.3, -0.25) is 4.79 Å². The minimum absolute atomic E-state index is 0.0698. The first kappa shape index (κ1) is 67.8. The maximum Gasteiger partial charge on any atom is 0.220 e. The number of allylic oxidation sites excluding steroid dienone is 11. The molecule has 0 aliphatic heterocycles. The van der Waals surface area contributed by atoms with Gasteiger partial charge in [0.1, 0.15) is 0 Å². The van der Waals surface area contributed by atoms with E-state index in [9.17, 15) is 15.0 Å². The third kappa shape index (κ3) is 56.7. The van der Waals surface area contributed by atoms with Crippen molar-refractivity contribution in [2.24, 2.45) is 0 Å². The summed E-state index contributed by atoms with van der Waals surface area (Å²) in [7, 11) is 0. The van der Waals surface area contributed by atoms with Crippen LogP contribution in [-0.2, 0) is 4.79 Å². The van der Waals surface area contributed by atoms with E-state index in [2.05, 4.69) is 79.9 Å². The predicted molar refractivity (Wildman–Crippen MR) is 313 cm³/mol. The van der Waals surface area contributed by atoms with Crippen LogP contribution in [0, 0.1) is 0 Å². The summed E-state index contributed by atoms with van der Waals surface area (Å²) < 4.78 is 0. The number of nitrogens with one attached hydrogen (secondary N) is 1. The molecule has 0 bridgehead atoms. The van der Waals surface area contributed by atoms with Crippen molar-refractivity contribution in [1.29, 1.82) is 0 Å². The molecule has 1 amide bonds. The minimum atomic E-state index is -0.865. The van der Waals surface area contributed by atoms with Gasteiger partial charge in [0.2, 0.25) is 5.91 Å². The topological polar surface area (TPSA) is 69.6 Å². The highest BCUT2D eigenvalue weighted by atomic mass is 16.3. The van der Waals surface area contributed by atoms with Crippen LogP contribution in [0.15, 0.2) is 72.9 Å². The van der Waals surface area contributed by atoms with E-state index in [1.807, 2.05) is 6.08 Å². The van der Waals surface area contributed by atoms with Crippen molar-refractivity contribution < 1.29 is 15.0 Å². The average molecular weight is 977 g/mol. The van der Waals surface area contributed by atoms with Crippen molar-refractivity contribution in [2.75, 3.05) is 6.61 Å². The summed E-state index contributed by atoms with van der Waals surface area (Å²) in [5, 5.41) is 23.2. The Labute approximate surface area is 438 Å². The molecule has 0 radical (unpaired) electrons. The molecule has 3 N–H and O–H groups in total. The molecule has 0 aliphatic carbocycles. The number of aliphatic hydroxyl groups is 2. The van der Waals surface area contributed by atoms with Gasteiger partial charge in [-0.2, -0.15) is 0 Å². The molecule has 0 saturated carbocycles. The number of hydrogen-bond donors (Lipinski definition) is 3. The summed E-state index contributed by atoms with van der Waals surface area (Å²) in [5.41, 5.74) is 0. The monoisotopic (exact) mass is 976 g/mol. The second kappa shape index (κ2) is 61.1. The van der Waals surface area contributed by atoms with Crippen LogP contribution in [-0.4, -0.2) is 34.9 Å². The van der Waals surface area contributed by atoms with Crippen molar-refractivity contribution in [1.82, 2.24) is 5.32 Å². The number of amides is 1. The molecule has 4 nitrogen and oxygen atoms in total. The van der Waals surface area contributed by atoms with Gasteiger partial charge in [-0.05, 0) is 70.6 Å². The standard InChI is InChI=1S/C66H121NO3/c1-3-5-7-9-11-13-15-17-19-21-23-25-27-29-30-31-32-33-34-35-36-38-40-42-44-46-48-50-52-54-56-58-60-62-66(70)67-64(63-68)65(69)61-59-57-55-53-51-49-47-45-43-41-39-37-28-26-24-22-20-18-16-14-12-10-8-6-4-2/h5,7,11,13,17,19,23,25,51,53,59,61,64-65,68-69H,3-4,6,8-10,12,14-16,18,20-22,24,26-50,52,54-58,60,62-63H2,1-2H3,(H,67,70)/b7-5-,13-11-,19-17-,25-23-,53-51+,61-59+. The van der Waals surface area contributed by atoms with Gasteiger partial charge >= 0.3 is 0 Å². The van der Waals surface area contributed by atoms with Gasteiger partial charge in [0, 0.05) is 6.42 Å². The molecule has 0 heterocycles. The van der Waals surface area contributed by atoms with Gasteiger partial charge in [0.05, 0.1) is 18.8 Å². The van der Waals surface area contributed by atoms with E-state index in [1.165, 1.54) is 244 Å². The number of unbranched alkanes of at least 4 members (excludes halogenated alkanes) is 40. The quantitative estimate of drug-likeness (QED) is 0.0420. The van der Waals surface area contributed by atoms with Gasteiger partial charge in [-0.15, -0.1) is 0 Å². The SMILES string of the molecule is CC/C=C\C/C=C\C/C=C\C/C=C\CCCCCCCCCCCCCCCCCCCCCCC(=O)NC(CO)C(O)/C=C/CC/C=C/CCCCCCCCCCCCCCCCCCCCC. The molecule has 0 aliphatic rings. The Hall–Kier alpha value is -2.17. The van der Waals surface area contributed by atoms with E-state index in [1.54, 1.807) is 6.08 Å². The normalized spacial score (nSPS) is 13.3. The highest BCUT2D eigenvalue weighted by Crippen LogP contribution is 2.18. The zero-order valence-electron chi connectivity index (χ0n) is 47.0. The van der Waals surface area contributed by atoms with Crippen LogP contribution in [0.5, 0.6) is 0 Å². The third-order valence-electron chi connectivity index (χ3n) is 14.2. The van der Waals surface area contributed by atoms with Crippen molar-refractivity contribution in [2.45, 2.75) is 334 Å². The first-order valence-corrected chi connectivity index (χ1v) is 31.2. The van der Waals surface area contributed by atoms with Crippen LogP contribution in [0.1, 0.15) is 322 Å². The molecule has 0 fully saturated rings. The fraction of sp³-hybridized carbons (Fsp3) is 0.803. The van der Waals surface area contributed by atoms with Gasteiger partial charge in [0.15, 0.2) is 0 Å². The van der Waals surface area contributed by atoms with E-state index in [4.69, 9.17) is 0 Å². The summed E-state index contributed by atoms with van der Waals surface area (Å²) in [6, 6.07) is -0.641. The average Bonchev–Trinajstić information content (AvgIpc) is 3.36. The van der Waals surface area contributed by atoms with E-state index < -0.39 is 12.1 Å². The molecule has 4 heteroatoms. The Morgan fingerprint density at radius 2 is 0.643 bits per heavy atom. The summed E-state index contributed by atoms with van der Waals surface area (Å²) in [6.45, 7) is 4.21. The van der Waals surface area contributed by atoms with Gasteiger partial charge in [0.25, 0.3) is 0 Å². The predicted octanol–water partition coefficient (Wildman–Crippen LogP) is 20.9.